The number of unbranched alkanes of at least 4 members (excludes halogenated alkanes) is 1. The van der Waals surface area contributed by atoms with Gasteiger partial charge in [0.2, 0.25) is 0 Å². The lowest BCUT2D eigenvalue weighted by molar-refractivity contribution is 0.238. The molecule has 1 heterocycles. The average molecular weight is 441 g/mol. The van der Waals surface area contributed by atoms with Crippen molar-refractivity contribution in [3.05, 3.63) is 59.4 Å². The molecule has 1 saturated heterocycles. The molecular weight excluding hydrogens is 410 g/mol. The second kappa shape index (κ2) is 11.6. The lowest BCUT2D eigenvalue weighted by Gasteiger charge is -2.36. The van der Waals surface area contributed by atoms with Crippen LogP contribution < -0.4 is 9.64 Å². The molecule has 0 amide bonds. The van der Waals surface area contributed by atoms with Gasteiger partial charge in [0.15, 0.2) is 0 Å². The molecule has 2 aliphatic rings. The Morgan fingerprint density at radius 1 is 0.862 bits per heavy atom. The summed E-state index contributed by atoms with van der Waals surface area (Å²) in [6, 6.07) is 13.5. The molecule has 2 aromatic rings. The van der Waals surface area contributed by atoms with Crippen molar-refractivity contribution in [2.24, 2.45) is 0 Å². The smallest absolute Gasteiger partial charge is 0.125 e. The molecule has 1 aliphatic carbocycles. The van der Waals surface area contributed by atoms with Gasteiger partial charge in [-0.3, -0.25) is 4.90 Å². The third-order valence-corrected chi connectivity index (χ3v) is 5.75. The largest absolute Gasteiger partial charge is 0.494 e. The average Bonchev–Trinajstić information content (AvgIpc) is 3.16. The van der Waals surface area contributed by atoms with E-state index in [9.17, 15) is 4.39 Å². The van der Waals surface area contributed by atoms with Crippen LogP contribution in [0, 0.1) is 5.82 Å². The van der Waals surface area contributed by atoms with Gasteiger partial charge in [0, 0.05) is 31.9 Å². The van der Waals surface area contributed by atoms with Crippen molar-refractivity contribution >= 4 is 30.5 Å². The number of hydrogen-bond acceptors (Lipinski definition) is 3. The first-order valence-corrected chi connectivity index (χ1v) is 10.3. The predicted octanol–water partition coefficient (Wildman–Crippen LogP) is 5.14. The van der Waals surface area contributed by atoms with Gasteiger partial charge in [0.05, 0.1) is 6.61 Å². The van der Waals surface area contributed by atoms with E-state index in [1.807, 2.05) is 6.07 Å². The molecule has 29 heavy (non-hydrogen) atoms. The lowest BCUT2D eigenvalue weighted by atomic mass is 10.1. The van der Waals surface area contributed by atoms with Crippen LogP contribution in [0.15, 0.2) is 42.5 Å². The maximum absolute atomic E-state index is 13.4. The van der Waals surface area contributed by atoms with Crippen molar-refractivity contribution in [2.45, 2.75) is 32.1 Å². The molecule has 0 unspecified atom stereocenters. The van der Waals surface area contributed by atoms with Crippen LogP contribution in [0.25, 0.3) is 0 Å². The Hall–Kier alpha value is -1.49. The van der Waals surface area contributed by atoms with Gasteiger partial charge >= 0.3 is 0 Å². The molecule has 1 fully saturated rings. The van der Waals surface area contributed by atoms with Gasteiger partial charge in [-0.05, 0) is 80.1 Å². The second-order valence-corrected chi connectivity index (χ2v) is 7.65. The minimum absolute atomic E-state index is 0. The summed E-state index contributed by atoms with van der Waals surface area (Å²) < 4.78 is 19.3. The SMILES string of the molecule is Cl.Cl.Fc1cccc(N2CCN(CCCCOc3ccc4c(c3)CCC4)CC2)c1. The first-order chi connectivity index (χ1) is 13.3. The fourth-order valence-electron chi connectivity index (χ4n) is 4.17. The highest BCUT2D eigenvalue weighted by Gasteiger charge is 2.17. The zero-order valence-corrected chi connectivity index (χ0v) is 18.4. The summed E-state index contributed by atoms with van der Waals surface area (Å²) in [5, 5.41) is 0. The van der Waals surface area contributed by atoms with Crippen molar-refractivity contribution in [1.29, 1.82) is 0 Å². The number of nitrogens with zero attached hydrogens (tertiary/aromatic N) is 2. The van der Waals surface area contributed by atoms with Crippen LogP contribution >= 0.6 is 24.8 Å². The topological polar surface area (TPSA) is 15.7 Å². The number of fused-ring (bicyclic) bond motifs is 1. The van der Waals surface area contributed by atoms with Crippen molar-refractivity contribution in [3.63, 3.8) is 0 Å². The Morgan fingerprint density at radius 3 is 2.45 bits per heavy atom. The summed E-state index contributed by atoms with van der Waals surface area (Å²) >= 11 is 0. The van der Waals surface area contributed by atoms with E-state index in [-0.39, 0.29) is 30.6 Å². The molecule has 0 spiro atoms. The fourth-order valence-corrected chi connectivity index (χ4v) is 4.17. The molecule has 4 rings (SSSR count). The van der Waals surface area contributed by atoms with Gasteiger partial charge in [0.25, 0.3) is 0 Å². The summed E-state index contributed by atoms with van der Waals surface area (Å²) in [6.45, 7) is 5.93. The molecule has 0 atom stereocenters. The maximum atomic E-state index is 13.4. The minimum atomic E-state index is -0.154. The molecule has 2 aromatic carbocycles. The highest BCUT2D eigenvalue weighted by Crippen LogP contribution is 2.26. The van der Waals surface area contributed by atoms with E-state index in [2.05, 4.69) is 28.0 Å². The van der Waals surface area contributed by atoms with Crippen LogP contribution in [-0.2, 0) is 12.8 Å². The normalized spacial score (nSPS) is 16.0. The van der Waals surface area contributed by atoms with E-state index in [0.29, 0.717) is 0 Å². The highest BCUT2D eigenvalue weighted by molar-refractivity contribution is 5.85. The van der Waals surface area contributed by atoms with Gasteiger partial charge in [-0.15, -0.1) is 24.8 Å². The zero-order valence-electron chi connectivity index (χ0n) is 16.8. The number of piperazine rings is 1. The van der Waals surface area contributed by atoms with Crippen molar-refractivity contribution in [1.82, 2.24) is 4.90 Å². The van der Waals surface area contributed by atoms with E-state index in [1.54, 1.807) is 12.1 Å². The molecule has 0 aromatic heterocycles. The summed E-state index contributed by atoms with van der Waals surface area (Å²) in [7, 11) is 0. The predicted molar refractivity (Wildman–Crippen MR) is 123 cm³/mol. The molecule has 160 valence electrons. The number of anilines is 1. The summed E-state index contributed by atoms with van der Waals surface area (Å²) in [6.07, 6.45) is 5.95. The Balaban J connectivity index is 0.00000150. The first-order valence-electron chi connectivity index (χ1n) is 10.3. The number of ether oxygens (including phenoxy) is 1. The monoisotopic (exact) mass is 440 g/mol. The second-order valence-electron chi connectivity index (χ2n) is 7.65. The molecule has 0 saturated carbocycles. The molecule has 0 bridgehead atoms. The summed E-state index contributed by atoms with van der Waals surface area (Å²) in [5.41, 5.74) is 3.97. The number of aryl methyl sites for hydroxylation is 2. The third-order valence-electron chi connectivity index (χ3n) is 5.75. The fraction of sp³-hybridized carbons (Fsp3) is 0.478. The van der Waals surface area contributed by atoms with E-state index in [4.69, 9.17) is 4.74 Å². The van der Waals surface area contributed by atoms with E-state index in [1.165, 1.54) is 36.5 Å². The van der Waals surface area contributed by atoms with Gasteiger partial charge in [-0.1, -0.05) is 12.1 Å². The van der Waals surface area contributed by atoms with Crippen LogP contribution in [0.2, 0.25) is 0 Å². The zero-order chi connectivity index (χ0) is 18.5. The Labute approximate surface area is 186 Å². The number of hydrogen-bond donors (Lipinski definition) is 0. The molecule has 0 N–H and O–H groups in total. The van der Waals surface area contributed by atoms with Crippen LogP contribution in [-0.4, -0.2) is 44.2 Å². The molecule has 3 nitrogen and oxygen atoms in total. The van der Waals surface area contributed by atoms with E-state index in [0.717, 1.165) is 63.6 Å². The third kappa shape index (κ3) is 6.50. The molecule has 0 radical (unpaired) electrons. The lowest BCUT2D eigenvalue weighted by Crippen LogP contribution is -2.46. The van der Waals surface area contributed by atoms with Crippen molar-refractivity contribution in [2.75, 3.05) is 44.2 Å². The number of halogens is 3. The Kier molecular flexibility index (Phi) is 9.54. The van der Waals surface area contributed by atoms with Crippen LogP contribution in [0.3, 0.4) is 0 Å². The van der Waals surface area contributed by atoms with E-state index >= 15 is 0 Å². The van der Waals surface area contributed by atoms with Gasteiger partial charge in [-0.2, -0.15) is 0 Å². The van der Waals surface area contributed by atoms with Crippen LogP contribution in [0.5, 0.6) is 5.75 Å². The molecular formula is C23H31Cl2FN2O. The maximum Gasteiger partial charge on any atom is 0.125 e. The quantitative estimate of drug-likeness (QED) is 0.554. The van der Waals surface area contributed by atoms with Gasteiger partial charge in [-0.25, -0.2) is 4.39 Å². The summed E-state index contributed by atoms with van der Waals surface area (Å²) in [5.74, 6) is 0.873. The summed E-state index contributed by atoms with van der Waals surface area (Å²) in [4.78, 5) is 4.78. The Bertz CT molecular complexity index is 766. The molecule has 6 heteroatoms. The minimum Gasteiger partial charge on any atom is -0.494 e. The van der Waals surface area contributed by atoms with E-state index < -0.39 is 0 Å². The van der Waals surface area contributed by atoms with Gasteiger partial charge < -0.3 is 9.64 Å². The van der Waals surface area contributed by atoms with Crippen molar-refractivity contribution in [3.8, 4) is 5.75 Å². The van der Waals surface area contributed by atoms with Crippen LogP contribution in [0.4, 0.5) is 10.1 Å². The molecule has 1 aliphatic heterocycles. The van der Waals surface area contributed by atoms with Gasteiger partial charge in [0.1, 0.15) is 11.6 Å². The number of benzene rings is 2. The standard InChI is InChI=1S/C23H29FN2O.2ClH/c24-21-7-4-8-22(18-21)26-14-12-25(13-15-26)11-1-2-16-27-23-10-9-19-5-3-6-20(19)17-23;;/h4,7-10,17-18H,1-3,5-6,11-16H2;2*1H. The Morgan fingerprint density at radius 2 is 1.66 bits per heavy atom. The van der Waals surface area contributed by atoms with Crippen molar-refractivity contribution < 1.29 is 9.13 Å². The van der Waals surface area contributed by atoms with Crippen LogP contribution in [0.1, 0.15) is 30.4 Å². The highest BCUT2D eigenvalue weighted by atomic mass is 35.5. The first kappa shape index (κ1) is 23.8. The number of rotatable bonds is 7.